The molecule has 1 aliphatic heterocycles. The Kier molecular flexibility index (Phi) is 4.84. The average molecular weight is 156 g/mol. The van der Waals surface area contributed by atoms with Crippen molar-refractivity contribution in [3.05, 3.63) is 0 Å². The molecular weight excluding hydrogens is 144 g/mol. The fourth-order valence-corrected chi connectivity index (χ4v) is 0.927. The Morgan fingerprint density at radius 2 is 2.44 bits per heavy atom. The second kappa shape index (κ2) is 4.50. The number of hydrogen-bond donors (Lipinski definition) is 2. The Balaban J connectivity index is -0.000000213. The summed E-state index contributed by atoms with van der Waals surface area (Å²) in [5.74, 6) is -0.220. The SMILES string of the molecule is NC(=O)[C@@H]1CCCN1.[Ca+2].[H-].[H-]. The molecule has 0 aliphatic carbocycles. The van der Waals surface area contributed by atoms with Crippen molar-refractivity contribution in [1.82, 2.24) is 5.32 Å². The number of carbonyl (C=O) groups excluding carboxylic acids is 1. The predicted octanol–water partition coefficient (Wildman–Crippen LogP) is -0.932. The molecule has 4 heteroatoms. The number of primary amides is 1. The van der Waals surface area contributed by atoms with Gasteiger partial charge in [0, 0.05) is 0 Å². The van der Waals surface area contributed by atoms with Crippen molar-refractivity contribution in [3.63, 3.8) is 0 Å². The van der Waals surface area contributed by atoms with Crippen LogP contribution in [0.4, 0.5) is 0 Å². The molecule has 1 rings (SSSR count). The zero-order valence-corrected chi connectivity index (χ0v) is 7.60. The first-order valence-corrected chi connectivity index (χ1v) is 2.83. The summed E-state index contributed by atoms with van der Waals surface area (Å²) in [4.78, 5) is 10.4. The maximum atomic E-state index is 10.4. The Bertz CT molecular complexity index is 109. The monoisotopic (exact) mass is 156 g/mol. The van der Waals surface area contributed by atoms with Gasteiger partial charge in [0.2, 0.25) is 5.91 Å². The summed E-state index contributed by atoms with van der Waals surface area (Å²) in [7, 11) is 0. The molecule has 0 saturated carbocycles. The maximum Gasteiger partial charge on any atom is 2.00 e. The van der Waals surface area contributed by atoms with Gasteiger partial charge in [-0.3, -0.25) is 4.79 Å². The van der Waals surface area contributed by atoms with Crippen LogP contribution in [0.5, 0.6) is 0 Å². The van der Waals surface area contributed by atoms with Gasteiger partial charge in [-0.15, -0.1) is 0 Å². The summed E-state index contributed by atoms with van der Waals surface area (Å²) < 4.78 is 0. The van der Waals surface area contributed by atoms with Gasteiger partial charge < -0.3 is 13.9 Å². The Morgan fingerprint density at radius 3 is 2.67 bits per heavy atom. The summed E-state index contributed by atoms with van der Waals surface area (Å²) >= 11 is 0. The topological polar surface area (TPSA) is 55.1 Å². The van der Waals surface area contributed by atoms with Crippen LogP contribution in [-0.4, -0.2) is 56.2 Å². The van der Waals surface area contributed by atoms with E-state index in [0.29, 0.717) is 0 Å². The summed E-state index contributed by atoms with van der Waals surface area (Å²) in [5, 5.41) is 2.98. The second-order valence-corrected chi connectivity index (χ2v) is 2.05. The average Bonchev–Trinajstić information content (AvgIpc) is 2.12. The van der Waals surface area contributed by atoms with Crippen molar-refractivity contribution in [1.29, 1.82) is 0 Å². The van der Waals surface area contributed by atoms with Crippen LogP contribution in [0.3, 0.4) is 0 Å². The van der Waals surface area contributed by atoms with Crippen LogP contribution in [0, 0.1) is 0 Å². The van der Waals surface area contributed by atoms with Crippen LogP contribution in [-0.2, 0) is 4.79 Å². The molecule has 9 heavy (non-hydrogen) atoms. The first-order chi connectivity index (χ1) is 3.80. The molecule has 1 amide bonds. The van der Waals surface area contributed by atoms with Gasteiger partial charge in [0.15, 0.2) is 0 Å². The third-order valence-corrected chi connectivity index (χ3v) is 1.40. The number of hydrogen-bond acceptors (Lipinski definition) is 2. The van der Waals surface area contributed by atoms with Crippen molar-refractivity contribution >= 4 is 43.6 Å². The van der Waals surface area contributed by atoms with Crippen molar-refractivity contribution in [2.24, 2.45) is 5.73 Å². The van der Waals surface area contributed by atoms with E-state index in [2.05, 4.69) is 5.32 Å². The normalized spacial score (nSPS) is 25.1. The van der Waals surface area contributed by atoms with E-state index in [0.717, 1.165) is 19.4 Å². The zero-order chi connectivity index (χ0) is 5.98. The largest absolute Gasteiger partial charge is 2.00 e. The molecule has 1 atom stereocenters. The molecule has 1 saturated heterocycles. The van der Waals surface area contributed by atoms with Gasteiger partial charge >= 0.3 is 37.7 Å². The van der Waals surface area contributed by atoms with E-state index in [-0.39, 0.29) is 52.5 Å². The molecular formula is C5H12CaN2O. The number of nitrogens with two attached hydrogens (primary N) is 1. The van der Waals surface area contributed by atoms with Gasteiger partial charge in [0.25, 0.3) is 0 Å². The first-order valence-electron chi connectivity index (χ1n) is 2.83. The molecule has 1 fully saturated rings. The van der Waals surface area contributed by atoms with E-state index in [1.54, 1.807) is 0 Å². The fourth-order valence-electron chi connectivity index (χ4n) is 0.927. The molecule has 0 spiro atoms. The second-order valence-electron chi connectivity index (χ2n) is 2.05. The molecule has 0 aromatic heterocycles. The van der Waals surface area contributed by atoms with Gasteiger partial charge in [-0.05, 0) is 19.4 Å². The van der Waals surface area contributed by atoms with Crippen LogP contribution in [0.1, 0.15) is 15.7 Å². The minimum atomic E-state index is -0.220. The van der Waals surface area contributed by atoms with Gasteiger partial charge in [-0.25, -0.2) is 0 Å². The quantitative estimate of drug-likeness (QED) is 0.482. The van der Waals surface area contributed by atoms with Gasteiger partial charge in [0.05, 0.1) is 6.04 Å². The maximum absolute atomic E-state index is 10.4. The molecule has 0 unspecified atom stereocenters. The number of rotatable bonds is 1. The molecule has 0 aromatic carbocycles. The Hall–Kier alpha value is 0.690. The molecule has 0 bridgehead atoms. The minimum absolute atomic E-state index is 0. The summed E-state index contributed by atoms with van der Waals surface area (Å²) in [6.07, 6.45) is 1.99. The summed E-state index contributed by atoms with van der Waals surface area (Å²) in [6.45, 7) is 0.938. The smallest absolute Gasteiger partial charge is 1.00 e. The van der Waals surface area contributed by atoms with Crippen LogP contribution in [0.25, 0.3) is 0 Å². The van der Waals surface area contributed by atoms with E-state index in [9.17, 15) is 4.79 Å². The van der Waals surface area contributed by atoms with E-state index in [1.807, 2.05) is 0 Å². The van der Waals surface area contributed by atoms with Gasteiger partial charge in [-0.1, -0.05) is 0 Å². The van der Waals surface area contributed by atoms with E-state index >= 15 is 0 Å². The van der Waals surface area contributed by atoms with Crippen molar-refractivity contribution in [2.45, 2.75) is 18.9 Å². The minimum Gasteiger partial charge on any atom is -1.00 e. The molecule has 0 aromatic rings. The van der Waals surface area contributed by atoms with E-state index in [1.165, 1.54) is 0 Å². The van der Waals surface area contributed by atoms with Crippen molar-refractivity contribution in [3.8, 4) is 0 Å². The molecule has 3 N–H and O–H groups in total. The van der Waals surface area contributed by atoms with Gasteiger partial charge in [0.1, 0.15) is 0 Å². The fraction of sp³-hybridized carbons (Fsp3) is 0.800. The van der Waals surface area contributed by atoms with E-state index < -0.39 is 0 Å². The van der Waals surface area contributed by atoms with Crippen LogP contribution in [0.15, 0.2) is 0 Å². The molecule has 0 radical (unpaired) electrons. The Labute approximate surface area is 87.3 Å². The van der Waals surface area contributed by atoms with E-state index in [4.69, 9.17) is 5.73 Å². The van der Waals surface area contributed by atoms with Crippen LogP contribution < -0.4 is 11.1 Å². The van der Waals surface area contributed by atoms with Crippen LogP contribution in [0.2, 0.25) is 0 Å². The van der Waals surface area contributed by atoms with Crippen molar-refractivity contribution < 1.29 is 7.65 Å². The number of carbonyl (C=O) groups is 1. The third-order valence-electron chi connectivity index (χ3n) is 1.40. The van der Waals surface area contributed by atoms with Crippen LogP contribution >= 0.6 is 0 Å². The number of nitrogens with one attached hydrogen (secondary N) is 1. The third kappa shape index (κ3) is 2.85. The molecule has 50 valence electrons. The zero-order valence-electron chi connectivity index (χ0n) is 7.39. The van der Waals surface area contributed by atoms with Crippen molar-refractivity contribution in [2.75, 3.05) is 6.54 Å². The molecule has 3 nitrogen and oxygen atoms in total. The number of amides is 1. The summed E-state index contributed by atoms with van der Waals surface area (Å²) in [6, 6.07) is -0.0463. The molecule has 1 heterocycles. The Morgan fingerprint density at radius 1 is 1.78 bits per heavy atom. The van der Waals surface area contributed by atoms with Gasteiger partial charge in [-0.2, -0.15) is 0 Å². The summed E-state index contributed by atoms with van der Waals surface area (Å²) in [5.41, 5.74) is 5.00. The molecule has 1 aliphatic rings. The first kappa shape index (κ1) is 9.69. The standard InChI is InChI=1S/C5H10N2O.Ca.2H/c6-5(8)4-2-1-3-7-4;;;/h4,7H,1-3H2,(H2,6,8);;;/q;+2;2*-1/t4-;;;/m0.../s1. The predicted molar refractivity (Wildman–Crippen MR) is 38.2 cm³/mol.